The van der Waals surface area contributed by atoms with Crippen LogP contribution in [0.4, 0.5) is 0 Å². The molecule has 1 atom stereocenters. The van der Waals surface area contributed by atoms with Crippen LogP contribution in [-0.2, 0) is 19.6 Å². The van der Waals surface area contributed by atoms with E-state index in [-0.39, 0.29) is 30.4 Å². The highest BCUT2D eigenvalue weighted by atomic mass is 32.2. The molecule has 2 rings (SSSR count). The van der Waals surface area contributed by atoms with Gasteiger partial charge in [0.25, 0.3) is 0 Å². The van der Waals surface area contributed by atoms with Crippen LogP contribution in [-0.4, -0.2) is 45.9 Å². The average molecular weight is 441 g/mol. The molecule has 0 aliphatic heterocycles. The first-order valence-electron chi connectivity index (χ1n) is 11.0. The number of carbonyl (C=O) groups excluding carboxylic acids is 1. The normalized spacial score (nSPS) is 15.8. The summed E-state index contributed by atoms with van der Waals surface area (Å²) in [7, 11) is -3.36. The van der Waals surface area contributed by atoms with Gasteiger partial charge in [-0.2, -0.15) is 0 Å². The summed E-state index contributed by atoms with van der Waals surface area (Å²) in [5.74, 6) is 0.629. The molecule has 170 valence electrons. The molecule has 0 unspecified atom stereocenters. The number of hydrogen-bond donors (Lipinski definition) is 2. The molecular formula is C22H36N2O5S. The summed E-state index contributed by atoms with van der Waals surface area (Å²) in [6.07, 6.45) is 7.04. The first-order valence-corrected chi connectivity index (χ1v) is 12.7. The molecule has 0 amide bonds. The number of hydrogen-bond acceptors (Lipinski definition) is 6. The third-order valence-electron chi connectivity index (χ3n) is 5.16. The highest BCUT2D eigenvalue weighted by Crippen LogP contribution is 2.26. The summed E-state index contributed by atoms with van der Waals surface area (Å²) in [4.78, 5) is 11.2. The van der Waals surface area contributed by atoms with E-state index in [1.807, 2.05) is 31.2 Å². The smallest absolute Gasteiger partial charge is 0.319 e. The Bertz CT molecular complexity index is 748. The second-order valence-electron chi connectivity index (χ2n) is 7.80. The van der Waals surface area contributed by atoms with Crippen LogP contribution in [0, 0.1) is 0 Å². The molecule has 1 saturated carbocycles. The molecule has 30 heavy (non-hydrogen) atoms. The van der Waals surface area contributed by atoms with Gasteiger partial charge >= 0.3 is 5.97 Å². The number of ether oxygens (including phenoxy) is 2. The maximum absolute atomic E-state index is 12.4. The van der Waals surface area contributed by atoms with Crippen LogP contribution >= 0.6 is 0 Å². The molecule has 1 fully saturated rings. The molecule has 0 spiro atoms. The zero-order valence-electron chi connectivity index (χ0n) is 18.2. The van der Waals surface area contributed by atoms with Crippen molar-refractivity contribution in [2.45, 2.75) is 70.9 Å². The van der Waals surface area contributed by atoms with Crippen molar-refractivity contribution >= 4 is 16.0 Å². The quantitative estimate of drug-likeness (QED) is 0.340. The number of unbranched alkanes of at least 4 members (excludes halogenated alkanes) is 2. The lowest BCUT2D eigenvalue weighted by atomic mass is 10.1. The third kappa shape index (κ3) is 9.45. The van der Waals surface area contributed by atoms with E-state index in [4.69, 9.17) is 9.47 Å². The lowest BCUT2D eigenvalue weighted by molar-refractivity contribution is -0.141. The molecule has 1 aromatic rings. The molecule has 0 aromatic heterocycles. The fourth-order valence-electron chi connectivity index (χ4n) is 3.57. The van der Waals surface area contributed by atoms with Gasteiger partial charge in [0.1, 0.15) is 5.75 Å². The van der Waals surface area contributed by atoms with Gasteiger partial charge in [-0.3, -0.25) is 4.79 Å². The molecule has 1 aliphatic carbocycles. The van der Waals surface area contributed by atoms with Crippen LogP contribution in [0.25, 0.3) is 0 Å². The van der Waals surface area contributed by atoms with Gasteiger partial charge in [0.15, 0.2) is 0 Å². The Kier molecular flexibility index (Phi) is 10.6. The Morgan fingerprint density at radius 1 is 1.20 bits per heavy atom. The van der Waals surface area contributed by atoms with Gasteiger partial charge in [0, 0.05) is 6.04 Å². The molecule has 0 radical (unpaired) electrons. The maximum atomic E-state index is 12.4. The Labute approximate surface area is 181 Å². The molecule has 1 aliphatic rings. The summed E-state index contributed by atoms with van der Waals surface area (Å²) in [5.41, 5.74) is 0.900. The highest BCUT2D eigenvalue weighted by molar-refractivity contribution is 7.89. The molecular weight excluding hydrogens is 404 g/mol. The van der Waals surface area contributed by atoms with Gasteiger partial charge in [-0.15, -0.1) is 0 Å². The second kappa shape index (κ2) is 12.9. The lowest BCUT2D eigenvalue weighted by Gasteiger charge is -2.17. The van der Waals surface area contributed by atoms with Gasteiger partial charge in [-0.05, 0) is 76.6 Å². The van der Waals surface area contributed by atoms with Crippen molar-refractivity contribution in [2.75, 3.05) is 25.4 Å². The number of rotatable bonds is 14. The van der Waals surface area contributed by atoms with Crippen molar-refractivity contribution in [2.24, 2.45) is 0 Å². The van der Waals surface area contributed by atoms with E-state index < -0.39 is 10.0 Å². The number of carbonyl (C=O) groups is 1. The summed E-state index contributed by atoms with van der Waals surface area (Å²) in [5, 5.41) is 3.00. The van der Waals surface area contributed by atoms with E-state index in [0.29, 0.717) is 19.6 Å². The SMILES string of the molecule is CCOC(=O)CNCCCCCS(=O)(=O)N[C@H](C)c1cccc(OC2CCCC2)c1. The van der Waals surface area contributed by atoms with E-state index in [2.05, 4.69) is 10.0 Å². The minimum absolute atomic E-state index is 0.0908. The highest BCUT2D eigenvalue weighted by Gasteiger charge is 2.18. The standard InChI is InChI=1S/C22H36N2O5S/c1-3-28-22(25)17-23-14-7-4-8-15-30(26,27)24-18(2)19-10-9-13-21(16-19)29-20-11-5-6-12-20/h9-10,13,16,18,20,23-24H,3-8,11-12,14-15,17H2,1-2H3/t18-/m1/s1. The van der Waals surface area contributed by atoms with Crippen molar-refractivity contribution in [3.63, 3.8) is 0 Å². The predicted molar refractivity (Wildman–Crippen MR) is 118 cm³/mol. The minimum Gasteiger partial charge on any atom is -0.490 e. The largest absolute Gasteiger partial charge is 0.490 e. The number of benzene rings is 1. The van der Waals surface area contributed by atoms with Gasteiger partial charge in [0.2, 0.25) is 10.0 Å². The van der Waals surface area contributed by atoms with Crippen LogP contribution in [0.15, 0.2) is 24.3 Å². The van der Waals surface area contributed by atoms with E-state index in [1.165, 1.54) is 12.8 Å². The minimum atomic E-state index is -3.36. The molecule has 8 heteroatoms. The van der Waals surface area contributed by atoms with Crippen molar-refractivity contribution in [1.82, 2.24) is 10.0 Å². The zero-order chi connectivity index (χ0) is 21.8. The molecule has 0 saturated heterocycles. The van der Waals surface area contributed by atoms with Crippen molar-refractivity contribution in [1.29, 1.82) is 0 Å². The van der Waals surface area contributed by atoms with Crippen LogP contribution in [0.3, 0.4) is 0 Å². The fraction of sp³-hybridized carbons (Fsp3) is 0.682. The molecule has 1 aromatic carbocycles. The summed E-state index contributed by atoms with van der Waals surface area (Å²) in [6.45, 7) is 4.85. The first-order chi connectivity index (χ1) is 14.4. The molecule has 2 N–H and O–H groups in total. The Balaban J connectivity index is 1.68. The first kappa shape index (κ1) is 24.6. The maximum Gasteiger partial charge on any atom is 0.319 e. The number of sulfonamides is 1. The third-order valence-corrected chi connectivity index (χ3v) is 6.70. The lowest BCUT2D eigenvalue weighted by Crippen LogP contribution is -2.29. The van der Waals surface area contributed by atoms with Crippen LogP contribution < -0.4 is 14.8 Å². The molecule has 0 bridgehead atoms. The topological polar surface area (TPSA) is 93.7 Å². The fourth-order valence-corrected chi connectivity index (χ4v) is 4.95. The Morgan fingerprint density at radius 3 is 2.70 bits per heavy atom. The molecule has 7 nitrogen and oxygen atoms in total. The summed E-state index contributed by atoms with van der Waals surface area (Å²) in [6, 6.07) is 7.38. The Morgan fingerprint density at radius 2 is 1.97 bits per heavy atom. The Hall–Kier alpha value is -1.64. The monoisotopic (exact) mass is 440 g/mol. The van der Waals surface area contributed by atoms with Crippen molar-refractivity contribution in [3.05, 3.63) is 29.8 Å². The summed E-state index contributed by atoms with van der Waals surface area (Å²) >= 11 is 0. The number of esters is 1. The van der Waals surface area contributed by atoms with Crippen molar-refractivity contribution in [3.8, 4) is 5.75 Å². The second-order valence-corrected chi connectivity index (χ2v) is 9.67. The predicted octanol–water partition coefficient (Wildman–Crippen LogP) is 3.31. The van der Waals surface area contributed by atoms with Gasteiger partial charge in [-0.25, -0.2) is 13.1 Å². The van der Waals surface area contributed by atoms with Crippen LogP contribution in [0.2, 0.25) is 0 Å². The number of nitrogens with one attached hydrogen (secondary N) is 2. The van der Waals surface area contributed by atoms with Gasteiger partial charge in [0.05, 0.1) is 25.0 Å². The van der Waals surface area contributed by atoms with Gasteiger partial charge < -0.3 is 14.8 Å². The molecule has 0 heterocycles. The summed E-state index contributed by atoms with van der Waals surface area (Å²) < 4.78 is 38.4. The van der Waals surface area contributed by atoms with E-state index in [1.54, 1.807) is 6.92 Å². The average Bonchev–Trinajstić information content (AvgIpc) is 3.20. The van der Waals surface area contributed by atoms with Crippen molar-refractivity contribution < 1.29 is 22.7 Å². The van der Waals surface area contributed by atoms with E-state index >= 15 is 0 Å². The zero-order valence-corrected chi connectivity index (χ0v) is 19.0. The van der Waals surface area contributed by atoms with Crippen LogP contribution in [0.1, 0.15) is 70.4 Å². The van der Waals surface area contributed by atoms with Gasteiger partial charge in [-0.1, -0.05) is 18.6 Å². The van der Waals surface area contributed by atoms with E-state index in [9.17, 15) is 13.2 Å². The van der Waals surface area contributed by atoms with Crippen LogP contribution in [0.5, 0.6) is 5.75 Å². The van der Waals surface area contributed by atoms with E-state index in [0.717, 1.165) is 37.0 Å².